The fourth-order valence-electron chi connectivity index (χ4n) is 7.69. The topological polar surface area (TPSA) is 200 Å². The maximum Gasteiger partial charge on any atom is 0.272 e. The smallest absolute Gasteiger partial charge is 0.272 e. The van der Waals surface area contributed by atoms with Crippen molar-refractivity contribution in [1.29, 1.82) is 0 Å². The molecule has 3 N–H and O–H groups in total. The van der Waals surface area contributed by atoms with Gasteiger partial charge in [-0.3, -0.25) is 28.6 Å². The van der Waals surface area contributed by atoms with Crippen LogP contribution in [0.15, 0.2) is 42.6 Å². The van der Waals surface area contributed by atoms with Crippen LogP contribution in [-0.4, -0.2) is 101 Å². The number of fused-ring (bicyclic) bond motifs is 3. The Labute approximate surface area is 325 Å². The molecule has 2 saturated carbocycles. The van der Waals surface area contributed by atoms with Crippen molar-refractivity contribution < 1.29 is 41.8 Å². The van der Waals surface area contributed by atoms with E-state index in [0.29, 0.717) is 67.0 Å². The fourth-order valence-corrected chi connectivity index (χ4v) is 9.06. The number of aromatic nitrogens is 3. The number of benzene rings is 1. The van der Waals surface area contributed by atoms with E-state index in [1.807, 2.05) is 38.1 Å². The Morgan fingerprint density at radius 1 is 1.09 bits per heavy atom. The Morgan fingerprint density at radius 2 is 1.89 bits per heavy atom. The molecule has 2 aliphatic heterocycles. The van der Waals surface area contributed by atoms with Gasteiger partial charge in [0.25, 0.3) is 11.8 Å². The molecule has 0 bridgehead atoms. The normalized spacial score (nSPS) is 26.2. The van der Waals surface area contributed by atoms with Crippen LogP contribution in [0.5, 0.6) is 17.4 Å². The summed E-state index contributed by atoms with van der Waals surface area (Å²) in [5.41, 5.74) is 0.0111. The number of allylic oxidation sites excluding steroid dienone is 1. The third-order valence-electron chi connectivity index (χ3n) is 11.0. The van der Waals surface area contributed by atoms with Crippen molar-refractivity contribution in [3.05, 3.63) is 53.9 Å². The highest BCUT2D eigenvalue weighted by molar-refractivity contribution is 7.91. The minimum absolute atomic E-state index is 0.0195. The van der Waals surface area contributed by atoms with Gasteiger partial charge in [0.15, 0.2) is 0 Å². The maximum atomic E-state index is 14.7. The number of nitrogens with one attached hydrogen (secondary N) is 3. The number of rotatable bonds is 10. The summed E-state index contributed by atoms with van der Waals surface area (Å²) in [6.45, 7) is 4.06. The van der Waals surface area contributed by atoms with Crippen molar-refractivity contribution in [3.8, 4) is 17.4 Å². The van der Waals surface area contributed by atoms with Gasteiger partial charge in [0.2, 0.25) is 27.7 Å². The zero-order valence-electron chi connectivity index (χ0n) is 32.1. The van der Waals surface area contributed by atoms with Crippen molar-refractivity contribution >= 4 is 44.6 Å². The summed E-state index contributed by atoms with van der Waals surface area (Å²) in [5, 5.41) is 10.0. The van der Waals surface area contributed by atoms with Gasteiger partial charge in [0, 0.05) is 42.6 Å². The third kappa shape index (κ3) is 8.04. The Balaban J connectivity index is 1.22. The summed E-state index contributed by atoms with van der Waals surface area (Å²) >= 11 is 0. The second-order valence-electron chi connectivity index (χ2n) is 15.1. The second kappa shape index (κ2) is 15.7. The zero-order valence-corrected chi connectivity index (χ0v) is 32.9. The van der Waals surface area contributed by atoms with E-state index in [9.17, 15) is 27.6 Å². The molecule has 0 spiro atoms. The summed E-state index contributed by atoms with van der Waals surface area (Å²) in [4.78, 5) is 62.4. The van der Waals surface area contributed by atoms with Gasteiger partial charge in [-0.05, 0) is 70.6 Å². The first kappa shape index (κ1) is 39.1. The van der Waals surface area contributed by atoms with Crippen LogP contribution in [0.25, 0.3) is 10.9 Å². The van der Waals surface area contributed by atoms with E-state index in [-0.39, 0.29) is 25.1 Å². The summed E-state index contributed by atoms with van der Waals surface area (Å²) in [6.07, 6.45) is 9.10. The van der Waals surface area contributed by atoms with E-state index >= 15 is 0 Å². The highest BCUT2D eigenvalue weighted by atomic mass is 32.2. The number of carbonyl (C=O) groups is 4. The Bertz CT molecular complexity index is 2170. The van der Waals surface area contributed by atoms with Crippen LogP contribution in [0.3, 0.4) is 0 Å². The molecule has 3 fully saturated rings. The third-order valence-corrected chi connectivity index (χ3v) is 12.8. The summed E-state index contributed by atoms with van der Waals surface area (Å²) in [7, 11) is -0.640. The van der Waals surface area contributed by atoms with Crippen molar-refractivity contribution in [1.82, 2.24) is 35.0 Å². The molecule has 300 valence electrons. The van der Waals surface area contributed by atoms with Gasteiger partial charge in [-0.2, -0.15) is 5.10 Å². The molecule has 2 aliphatic carbocycles. The largest absolute Gasteiger partial charge is 0.496 e. The van der Waals surface area contributed by atoms with Crippen LogP contribution in [0.2, 0.25) is 0 Å². The molecule has 4 heterocycles. The lowest BCUT2D eigenvalue weighted by Crippen LogP contribution is -2.58. The molecule has 2 aromatic heterocycles. The van der Waals surface area contributed by atoms with Gasteiger partial charge in [0.1, 0.15) is 40.9 Å². The Hall–Kier alpha value is -5.19. The molecule has 4 aliphatic rings. The zero-order chi connectivity index (χ0) is 39.8. The van der Waals surface area contributed by atoms with Gasteiger partial charge in [-0.1, -0.05) is 25.0 Å². The minimum Gasteiger partial charge on any atom is -0.496 e. The predicted octanol–water partition coefficient (Wildman–Crippen LogP) is 2.83. The first-order valence-corrected chi connectivity index (χ1v) is 20.8. The summed E-state index contributed by atoms with van der Waals surface area (Å²) in [5.74, 6) is -1.47. The van der Waals surface area contributed by atoms with Crippen molar-refractivity contribution in [2.24, 2.45) is 13.0 Å². The SMILES string of the molecule is CCOc1cc(O[C@@H]2C[C@H]3C(=O)N[C@]4(C(=O)NS(=O)(=O)C5CC5)C[C@H]4/C=C\CCCCC[C@H](NC(=O)c4ccn(C)n4)C(=O)N3C2)c2ccc(OC)c(C)c2n1. The number of hydrogen-bond donors (Lipinski definition) is 3. The van der Waals surface area contributed by atoms with E-state index in [1.54, 1.807) is 32.5 Å². The van der Waals surface area contributed by atoms with E-state index in [1.165, 1.54) is 9.58 Å². The first-order valence-electron chi connectivity index (χ1n) is 19.3. The van der Waals surface area contributed by atoms with E-state index in [4.69, 9.17) is 14.2 Å². The quantitative estimate of drug-likeness (QED) is 0.255. The number of pyridine rings is 1. The van der Waals surface area contributed by atoms with Gasteiger partial charge < -0.3 is 29.7 Å². The molecule has 7 rings (SSSR count). The van der Waals surface area contributed by atoms with Crippen molar-refractivity contribution in [2.75, 3.05) is 20.3 Å². The average molecular weight is 792 g/mol. The van der Waals surface area contributed by atoms with Crippen molar-refractivity contribution in [2.45, 2.75) is 101 Å². The number of hydrogen-bond acceptors (Lipinski definition) is 11. The number of carbonyl (C=O) groups excluding carboxylic acids is 4. The molecule has 17 heteroatoms. The molecule has 1 saturated heterocycles. The van der Waals surface area contributed by atoms with E-state index in [0.717, 1.165) is 18.4 Å². The maximum absolute atomic E-state index is 14.7. The predicted molar refractivity (Wildman–Crippen MR) is 204 cm³/mol. The van der Waals surface area contributed by atoms with E-state index < -0.39 is 68.5 Å². The molecule has 0 radical (unpaired) electrons. The van der Waals surface area contributed by atoms with Gasteiger partial charge in [-0.15, -0.1) is 0 Å². The number of methoxy groups -OCH3 is 1. The first-order chi connectivity index (χ1) is 26.8. The van der Waals surface area contributed by atoms with Gasteiger partial charge >= 0.3 is 0 Å². The van der Waals surface area contributed by atoms with E-state index in [2.05, 4.69) is 25.4 Å². The molecule has 4 amide bonds. The number of sulfonamides is 1. The highest BCUT2D eigenvalue weighted by Crippen LogP contribution is 2.46. The number of aryl methyl sites for hydroxylation is 2. The highest BCUT2D eigenvalue weighted by Gasteiger charge is 2.62. The lowest BCUT2D eigenvalue weighted by molar-refractivity contribution is -0.141. The van der Waals surface area contributed by atoms with Gasteiger partial charge in [0.05, 0.1) is 31.0 Å². The molecule has 5 atom stereocenters. The number of nitrogens with zero attached hydrogens (tertiary/aromatic N) is 4. The molecule has 1 aromatic carbocycles. The van der Waals surface area contributed by atoms with Crippen LogP contribution in [-0.2, 0) is 31.5 Å². The van der Waals surface area contributed by atoms with Crippen LogP contribution in [0, 0.1) is 12.8 Å². The van der Waals surface area contributed by atoms with Crippen LogP contribution >= 0.6 is 0 Å². The molecular formula is C39H49N7O9S. The number of amides is 4. The molecular weight excluding hydrogens is 743 g/mol. The average Bonchev–Trinajstić information content (AvgIpc) is 4.05. The lowest BCUT2D eigenvalue weighted by Gasteiger charge is -2.29. The lowest BCUT2D eigenvalue weighted by atomic mass is 10.0. The minimum atomic E-state index is -3.90. The van der Waals surface area contributed by atoms with Gasteiger partial charge in [-0.25, -0.2) is 13.4 Å². The Morgan fingerprint density at radius 3 is 2.61 bits per heavy atom. The fraction of sp³-hybridized carbons (Fsp3) is 0.538. The summed E-state index contributed by atoms with van der Waals surface area (Å²) < 4.78 is 47.4. The molecule has 0 unspecified atom stereocenters. The van der Waals surface area contributed by atoms with Crippen LogP contribution in [0.4, 0.5) is 0 Å². The molecule has 56 heavy (non-hydrogen) atoms. The Kier molecular flexibility index (Phi) is 11.0. The van der Waals surface area contributed by atoms with Crippen LogP contribution < -0.4 is 29.6 Å². The molecule has 16 nitrogen and oxygen atoms in total. The molecule has 3 aromatic rings. The van der Waals surface area contributed by atoms with Crippen LogP contribution in [0.1, 0.15) is 80.8 Å². The monoisotopic (exact) mass is 791 g/mol. The van der Waals surface area contributed by atoms with Crippen molar-refractivity contribution in [3.63, 3.8) is 0 Å². The second-order valence-corrected chi connectivity index (χ2v) is 17.0. The standard InChI is InChI=1S/C39H49N7O9S/c1-5-54-33-20-32(27-15-16-31(53-4)23(2)34(27)41-33)55-25-19-30-36(48)42-39(38(50)44-56(51,52)26-13-14-26)21-24(39)11-9-7-6-8-10-12-29(37(49)46(30)22-25)40-35(47)28-17-18-45(3)43-28/h9,11,15-18,20,24-26,29-30H,5-8,10,12-14,19,21-22H2,1-4H3,(H,40,47)(H,42,48)(H,44,50)/b11-9-/t24-,25-,29+,30+,39-/m1/s1. The summed E-state index contributed by atoms with van der Waals surface area (Å²) in [6, 6.07) is 4.76. The number of ether oxygens (including phenoxy) is 3.